The summed E-state index contributed by atoms with van der Waals surface area (Å²) >= 11 is 0. The van der Waals surface area contributed by atoms with E-state index in [1.165, 1.54) is 38.8 Å². The Kier molecular flexibility index (Phi) is 6.90. The molecule has 1 aromatic carbocycles. The largest absolute Gasteiger partial charge is 0.481 e. The van der Waals surface area contributed by atoms with E-state index >= 15 is 0 Å². The second-order valence-corrected chi connectivity index (χ2v) is 8.28. The Morgan fingerprint density at radius 3 is 2.26 bits per heavy atom. The van der Waals surface area contributed by atoms with Gasteiger partial charge in [-0.1, -0.05) is 43.2 Å². The first-order chi connectivity index (χ1) is 13.0. The summed E-state index contributed by atoms with van der Waals surface area (Å²) in [4.78, 5) is 11.5. The SMILES string of the molecule is CC(=O)O.OC(COC1CN2CCC1CC2)(c1ccccc1)C1CCCC1. The van der Waals surface area contributed by atoms with Crippen LogP contribution in [0.5, 0.6) is 0 Å². The summed E-state index contributed by atoms with van der Waals surface area (Å²) in [6.45, 7) is 5.06. The van der Waals surface area contributed by atoms with Gasteiger partial charge in [-0.3, -0.25) is 4.79 Å². The molecule has 1 aliphatic carbocycles. The van der Waals surface area contributed by atoms with Gasteiger partial charge < -0.3 is 19.8 Å². The normalized spacial score (nSPS) is 29.6. The number of benzene rings is 1. The molecule has 5 heteroatoms. The van der Waals surface area contributed by atoms with E-state index in [2.05, 4.69) is 17.0 Å². The average molecular weight is 376 g/mol. The second kappa shape index (κ2) is 9.18. The zero-order valence-electron chi connectivity index (χ0n) is 16.3. The Morgan fingerprint density at radius 1 is 1.15 bits per heavy atom. The fourth-order valence-corrected chi connectivity index (χ4v) is 4.90. The number of carboxylic acids is 1. The van der Waals surface area contributed by atoms with Crippen LogP contribution in [0.3, 0.4) is 0 Å². The lowest BCUT2D eigenvalue weighted by Gasteiger charge is -2.46. The number of nitrogens with zero attached hydrogens (tertiary/aromatic N) is 1. The molecule has 5 rings (SSSR count). The van der Waals surface area contributed by atoms with E-state index in [0.29, 0.717) is 24.5 Å². The maximum atomic E-state index is 11.5. The van der Waals surface area contributed by atoms with Crippen molar-refractivity contribution in [2.45, 2.75) is 57.2 Å². The molecule has 0 spiro atoms. The van der Waals surface area contributed by atoms with E-state index in [-0.39, 0.29) is 0 Å². The molecular weight excluding hydrogens is 342 g/mol. The first-order valence-corrected chi connectivity index (χ1v) is 10.3. The maximum absolute atomic E-state index is 11.5. The highest BCUT2D eigenvalue weighted by atomic mass is 16.5. The van der Waals surface area contributed by atoms with Crippen molar-refractivity contribution in [2.75, 3.05) is 26.2 Å². The molecule has 1 aromatic rings. The van der Waals surface area contributed by atoms with Crippen LogP contribution < -0.4 is 0 Å². The molecule has 2 N–H and O–H groups in total. The van der Waals surface area contributed by atoms with Gasteiger partial charge in [-0.2, -0.15) is 0 Å². The second-order valence-electron chi connectivity index (χ2n) is 8.28. The van der Waals surface area contributed by atoms with Crippen molar-refractivity contribution in [2.24, 2.45) is 11.8 Å². The van der Waals surface area contributed by atoms with E-state index < -0.39 is 11.6 Å². The lowest BCUT2D eigenvalue weighted by Crippen LogP contribution is -2.53. The molecule has 1 saturated carbocycles. The molecule has 2 atom stereocenters. The topological polar surface area (TPSA) is 70.0 Å². The third-order valence-corrected chi connectivity index (χ3v) is 6.42. The average Bonchev–Trinajstić information content (AvgIpc) is 3.23. The lowest BCUT2D eigenvalue weighted by molar-refractivity contribution is -0.143. The van der Waals surface area contributed by atoms with Crippen molar-refractivity contribution in [1.82, 2.24) is 4.90 Å². The highest BCUT2D eigenvalue weighted by Crippen LogP contribution is 2.41. The van der Waals surface area contributed by atoms with Crippen LogP contribution in [-0.2, 0) is 15.1 Å². The number of ether oxygens (including phenoxy) is 1. The molecule has 27 heavy (non-hydrogen) atoms. The summed E-state index contributed by atoms with van der Waals surface area (Å²) in [5, 5.41) is 19.0. The molecule has 0 amide bonds. The Hall–Kier alpha value is -1.43. The van der Waals surface area contributed by atoms with Crippen molar-refractivity contribution >= 4 is 5.97 Å². The molecule has 4 aliphatic rings. The van der Waals surface area contributed by atoms with E-state index in [4.69, 9.17) is 14.6 Å². The molecule has 150 valence electrons. The van der Waals surface area contributed by atoms with Gasteiger partial charge in [0.05, 0.1) is 12.7 Å². The minimum atomic E-state index is -0.833. The minimum Gasteiger partial charge on any atom is -0.481 e. The summed E-state index contributed by atoms with van der Waals surface area (Å²) < 4.78 is 6.36. The summed E-state index contributed by atoms with van der Waals surface area (Å²) in [6, 6.07) is 10.2. The van der Waals surface area contributed by atoms with Crippen LogP contribution in [0.1, 0.15) is 51.0 Å². The third kappa shape index (κ3) is 5.09. The number of rotatable bonds is 5. The Bertz CT molecular complexity index is 590. The van der Waals surface area contributed by atoms with Gasteiger partial charge in [-0.15, -0.1) is 0 Å². The van der Waals surface area contributed by atoms with Crippen molar-refractivity contribution in [1.29, 1.82) is 0 Å². The standard InChI is InChI=1S/C20H29NO2.C2H4O2/c22-20(18-8-4-5-9-18,17-6-2-1-3-7-17)15-23-19-14-21-12-10-16(19)11-13-21;1-2(3)4/h1-3,6-7,16,18-19,22H,4-5,8-15H2;1H3,(H,3,4). The first-order valence-electron chi connectivity index (χ1n) is 10.3. The number of fused-ring (bicyclic) bond motifs is 3. The minimum absolute atomic E-state index is 0.314. The molecule has 0 radical (unpaired) electrons. The van der Waals surface area contributed by atoms with Crippen molar-refractivity contribution < 1.29 is 19.7 Å². The Morgan fingerprint density at radius 2 is 1.74 bits per heavy atom. The van der Waals surface area contributed by atoms with Crippen LogP contribution in [-0.4, -0.2) is 53.4 Å². The van der Waals surface area contributed by atoms with E-state index in [9.17, 15) is 5.11 Å². The van der Waals surface area contributed by atoms with Crippen LogP contribution in [0.15, 0.2) is 30.3 Å². The van der Waals surface area contributed by atoms with Crippen molar-refractivity contribution in [3.8, 4) is 0 Å². The number of piperidine rings is 3. The van der Waals surface area contributed by atoms with Crippen LogP contribution in [0.2, 0.25) is 0 Å². The summed E-state index contributed by atoms with van der Waals surface area (Å²) in [5.41, 5.74) is 0.220. The predicted molar refractivity (Wildman–Crippen MR) is 105 cm³/mol. The van der Waals surface area contributed by atoms with Crippen molar-refractivity contribution in [3.05, 3.63) is 35.9 Å². The third-order valence-electron chi connectivity index (χ3n) is 6.42. The summed E-state index contributed by atoms with van der Waals surface area (Å²) in [7, 11) is 0. The fourth-order valence-electron chi connectivity index (χ4n) is 4.90. The number of carbonyl (C=O) groups is 1. The van der Waals surface area contributed by atoms with Gasteiger partial charge in [0.25, 0.3) is 5.97 Å². The monoisotopic (exact) mass is 375 g/mol. The molecule has 3 aliphatic heterocycles. The summed E-state index contributed by atoms with van der Waals surface area (Å²) in [6.07, 6.45) is 7.55. The smallest absolute Gasteiger partial charge is 0.300 e. The Labute approximate surface area is 162 Å². The zero-order chi connectivity index (χ0) is 19.3. The number of aliphatic hydroxyl groups is 1. The quantitative estimate of drug-likeness (QED) is 0.827. The van der Waals surface area contributed by atoms with Crippen LogP contribution in [0, 0.1) is 11.8 Å². The van der Waals surface area contributed by atoms with Gasteiger partial charge in [-0.05, 0) is 56.2 Å². The molecular formula is C22H33NO4. The molecule has 2 unspecified atom stereocenters. The fraction of sp³-hybridized carbons (Fsp3) is 0.682. The lowest BCUT2D eigenvalue weighted by atomic mass is 9.80. The van der Waals surface area contributed by atoms with Gasteiger partial charge in [-0.25, -0.2) is 0 Å². The van der Waals surface area contributed by atoms with Gasteiger partial charge in [0.1, 0.15) is 5.60 Å². The first kappa shape index (κ1) is 20.3. The maximum Gasteiger partial charge on any atom is 0.300 e. The van der Waals surface area contributed by atoms with E-state index in [0.717, 1.165) is 31.9 Å². The highest BCUT2D eigenvalue weighted by molar-refractivity contribution is 5.62. The summed E-state index contributed by atoms with van der Waals surface area (Å²) in [5.74, 6) is 0.203. The molecule has 5 nitrogen and oxygen atoms in total. The van der Waals surface area contributed by atoms with Crippen LogP contribution >= 0.6 is 0 Å². The van der Waals surface area contributed by atoms with Gasteiger partial charge in [0.15, 0.2) is 0 Å². The van der Waals surface area contributed by atoms with Gasteiger partial charge in [0, 0.05) is 13.5 Å². The number of hydrogen-bond donors (Lipinski definition) is 2. The predicted octanol–water partition coefficient (Wildman–Crippen LogP) is 3.27. The molecule has 3 saturated heterocycles. The molecule has 0 aromatic heterocycles. The molecule has 3 heterocycles. The highest BCUT2D eigenvalue weighted by Gasteiger charge is 2.42. The van der Waals surface area contributed by atoms with E-state index in [1.807, 2.05) is 18.2 Å². The van der Waals surface area contributed by atoms with Gasteiger partial charge in [0.2, 0.25) is 0 Å². The van der Waals surface area contributed by atoms with Crippen molar-refractivity contribution in [3.63, 3.8) is 0 Å². The number of aliphatic carboxylic acids is 1. The van der Waals surface area contributed by atoms with E-state index in [1.54, 1.807) is 0 Å². The number of carboxylic acid groups (broad SMARTS) is 1. The number of hydrogen-bond acceptors (Lipinski definition) is 4. The molecule has 2 bridgehead atoms. The van der Waals surface area contributed by atoms with Crippen LogP contribution in [0.25, 0.3) is 0 Å². The Balaban J connectivity index is 0.000000481. The van der Waals surface area contributed by atoms with Gasteiger partial charge >= 0.3 is 0 Å². The zero-order valence-corrected chi connectivity index (χ0v) is 16.3. The van der Waals surface area contributed by atoms with Crippen LogP contribution in [0.4, 0.5) is 0 Å². The molecule has 4 fully saturated rings.